The first-order chi connectivity index (χ1) is 37.7. The minimum absolute atomic E-state index is 0.133. The lowest BCUT2D eigenvalue weighted by Crippen LogP contribution is -2.50. The Morgan fingerprint density at radius 2 is 0.795 bits per heavy atom. The number of amides is 2. The van der Waals surface area contributed by atoms with Gasteiger partial charge in [0.25, 0.3) is 11.8 Å². The Labute approximate surface area is 460 Å². The fourth-order valence-corrected chi connectivity index (χ4v) is 14.2. The number of piperidine rings is 2. The number of hydrogen-bond acceptors (Lipinski definition) is 8. The Balaban J connectivity index is 0.000000190. The van der Waals surface area contributed by atoms with Gasteiger partial charge in [-0.25, -0.2) is 26.3 Å². The SMILES string of the molecule is CC[C@@H]1CN(Cc2ccccc2)CC[C@@H]1NS(=O)(=O)c1ccc(NC(=O)c2ccccc2C)c2ccccc12.CC[C@H]1CN(Cc2ccccc2)CC[C@@H]1NS(=O)(=O)c1ccc(NC(=O)c2ccccc2C)c2ccccc12. The third-order valence-corrected chi connectivity index (χ3v) is 18.5. The average Bonchev–Trinajstić information content (AvgIpc) is 3.55. The highest BCUT2D eigenvalue weighted by atomic mass is 32.2. The molecule has 8 aromatic carbocycles. The van der Waals surface area contributed by atoms with Crippen LogP contribution in [-0.4, -0.2) is 76.7 Å². The van der Waals surface area contributed by atoms with Gasteiger partial charge in [-0.1, -0.05) is 172 Å². The number of benzene rings is 8. The van der Waals surface area contributed by atoms with Crippen LogP contribution in [0.15, 0.2) is 192 Å². The predicted octanol–water partition coefficient (Wildman–Crippen LogP) is 12.0. The number of likely N-dealkylation sites (tertiary alicyclic amines) is 2. The molecule has 78 heavy (non-hydrogen) atoms. The number of carbonyl (C=O) groups excluding carboxylic acids is 2. The fourth-order valence-electron chi connectivity index (χ4n) is 11.1. The smallest absolute Gasteiger partial charge is 0.255 e. The van der Waals surface area contributed by atoms with Crippen LogP contribution in [0.2, 0.25) is 0 Å². The molecule has 2 fully saturated rings. The van der Waals surface area contributed by atoms with E-state index < -0.39 is 20.0 Å². The van der Waals surface area contributed by atoms with Crippen LogP contribution in [0, 0.1) is 25.7 Å². The molecule has 0 bridgehead atoms. The Kier molecular flexibility index (Phi) is 18.0. The molecule has 0 unspecified atom stereocenters. The van der Waals surface area contributed by atoms with Gasteiger partial charge in [0, 0.05) is 95.4 Å². The Morgan fingerprint density at radius 3 is 1.17 bits per heavy atom. The Hall–Kier alpha value is -7.04. The van der Waals surface area contributed by atoms with Crippen molar-refractivity contribution in [3.63, 3.8) is 0 Å². The van der Waals surface area contributed by atoms with Crippen molar-refractivity contribution in [2.45, 2.75) is 88.3 Å². The maximum atomic E-state index is 13.7. The molecule has 4 atom stereocenters. The standard InChI is InChI=1S/2C32H35N3O3S/c2*1-3-25-22-35(21-24-12-5-4-6-13-24)20-19-29(25)34-39(37,38)31-18-17-30(27-15-9-10-16-28(27)31)33-32(36)26-14-8-7-11-23(26)2/h2*4-18,25,29,34H,3,19-22H2,1-2H3,(H,33,36)/t25-,29+;25-,29-/m10/s1. The summed E-state index contributed by atoms with van der Waals surface area (Å²) in [6, 6.07) is 56.5. The van der Waals surface area contributed by atoms with Crippen LogP contribution in [0.25, 0.3) is 21.5 Å². The summed E-state index contributed by atoms with van der Waals surface area (Å²) in [5.74, 6) is -0.00702. The molecule has 0 spiro atoms. The molecule has 8 aromatic rings. The topological polar surface area (TPSA) is 157 Å². The molecule has 0 saturated carbocycles. The van der Waals surface area contributed by atoms with E-state index in [1.54, 1.807) is 48.5 Å². The lowest BCUT2D eigenvalue weighted by atomic mass is 9.90. The van der Waals surface area contributed by atoms with E-state index in [1.807, 2.05) is 98.8 Å². The van der Waals surface area contributed by atoms with E-state index in [-0.39, 0.29) is 45.5 Å². The number of fused-ring (bicyclic) bond motifs is 2. The molecule has 14 heteroatoms. The van der Waals surface area contributed by atoms with E-state index >= 15 is 0 Å². The third-order valence-electron chi connectivity index (χ3n) is 15.4. The second-order valence-electron chi connectivity index (χ2n) is 20.7. The predicted molar refractivity (Wildman–Crippen MR) is 315 cm³/mol. The van der Waals surface area contributed by atoms with Crippen molar-refractivity contribution in [2.24, 2.45) is 11.8 Å². The number of rotatable bonds is 16. The summed E-state index contributed by atoms with van der Waals surface area (Å²) >= 11 is 0. The van der Waals surface area contributed by atoms with Gasteiger partial charge in [-0.2, -0.15) is 0 Å². The minimum Gasteiger partial charge on any atom is -0.321 e. The summed E-state index contributed by atoms with van der Waals surface area (Å²) in [4.78, 5) is 31.3. The lowest BCUT2D eigenvalue weighted by molar-refractivity contribution is 0.101. The molecular formula is C64H70N6O6S2. The van der Waals surface area contributed by atoms with Gasteiger partial charge in [-0.05, 0) is 97.2 Å². The first-order valence-electron chi connectivity index (χ1n) is 27.1. The summed E-state index contributed by atoms with van der Waals surface area (Å²) in [6.07, 6.45) is 3.30. The van der Waals surface area contributed by atoms with Gasteiger partial charge in [0.05, 0.1) is 9.79 Å². The van der Waals surface area contributed by atoms with Gasteiger partial charge >= 0.3 is 0 Å². The number of hydrogen-bond donors (Lipinski definition) is 4. The number of aryl methyl sites for hydroxylation is 2. The summed E-state index contributed by atoms with van der Waals surface area (Å²) in [5, 5.41) is 8.51. The van der Waals surface area contributed by atoms with Crippen molar-refractivity contribution in [1.82, 2.24) is 19.2 Å². The molecular weight excluding hydrogens is 1010 g/mol. The van der Waals surface area contributed by atoms with Crippen molar-refractivity contribution in [3.05, 3.63) is 215 Å². The van der Waals surface area contributed by atoms with Crippen LogP contribution in [0.1, 0.15) is 82.5 Å². The van der Waals surface area contributed by atoms with Crippen LogP contribution in [0.3, 0.4) is 0 Å². The molecule has 0 aliphatic carbocycles. The molecule has 404 valence electrons. The van der Waals surface area contributed by atoms with Gasteiger partial charge in [0.2, 0.25) is 20.0 Å². The molecule has 2 heterocycles. The van der Waals surface area contributed by atoms with E-state index in [4.69, 9.17) is 0 Å². The maximum Gasteiger partial charge on any atom is 0.255 e. The van der Waals surface area contributed by atoms with Crippen LogP contribution < -0.4 is 20.1 Å². The molecule has 2 aliphatic heterocycles. The summed E-state index contributed by atoms with van der Waals surface area (Å²) in [5.41, 5.74) is 6.64. The zero-order valence-corrected chi connectivity index (χ0v) is 46.5. The Morgan fingerprint density at radius 1 is 0.449 bits per heavy atom. The Bertz CT molecular complexity index is 3380. The van der Waals surface area contributed by atoms with Gasteiger partial charge in [0.15, 0.2) is 0 Å². The number of nitrogens with zero attached hydrogens (tertiary/aromatic N) is 2. The molecule has 2 saturated heterocycles. The second-order valence-corrected chi connectivity index (χ2v) is 24.0. The number of nitrogens with one attached hydrogen (secondary N) is 4. The van der Waals surface area contributed by atoms with Gasteiger partial charge in [-0.3, -0.25) is 19.4 Å². The second kappa shape index (κ2) is 25.2. The van der Waals surface area contributed by atoms with Crippen LogP contribution in [0.5, 0.6) is 0 Å². The van der Waals surface area contributed by atoms with Gasteiger partial charge in [0.1, 0.15) is 0 Å². The molecule has 0 radical (unpaired) electrons. The fraction of sp³-hybridized carbons (Fsp3) is 0.281. The highest BCUT2D eigenvalue weighted by Gasteiger charge is 2.34. The van der Waals surface area contributed by atoms with E-state index in [0.717, 1.165) is 76.1 Å². The maximum absolute atomic E-state index is 13.7. The van der Waals surface area contributed by atoms with Crippen molar-refractivity contribution in [2.75, 3.05) is 36.8 Å². The first-order valence-corrected chi connectivity index (χ1v) is 30.0. The van der Waals surface area contributed by atoms with Crippen molar-refractivity contribution < 1.29 is 26.4 Å². The van der Waals surface area contributed by atoms with E-state index in [0.29, 0.717) is 44.0 Å². The minimum atomic E-state index is -3.79. The first kappa shape index (κ1) is 55.7. The number of anilines is 2. The third kappa shape index (κ3) is 13.3. The van der Waals surface area contributed by atoms with Crippen LogP contribution in [0.4, 0.5) is 11.4 Å². The quantitative estimate of drug-likeness (QED) is 0.0745. The van der Waals surface area contributed by atoms with Crippen LogP contribution >= 0.6 is 0 Å². The average molecular weight is 1080 g/mol. The summed E-state index contributed by atoms with van der Waals surface area (Å²) in [7, 11) is -7.58. The monoisotopic (exact) mass is 1080 g/mol. The molecule has 2 amide bonds. The zero-order chi connectivity index (χ0) is 54.8. The van der Waals surface area contributed by atoms with Crippen molar-refractivity contribution in [1.29, 1.82) is 0 Å². The van der Waals surface area contributed by atoms with Crippen molar-refractivity contribution in [3.8, 4) is 0 Å². The van der Waals surface area contributed by atoms with Crippen LogP contribution in [-0.2, 0) is 33.1 Å². The van der Waals surface area contributed by atoms with E-state index in [2.05, 4.69) is 92.3 Å². The van der Waals surface area contributed by atoms with E-state index in [1.165, 1.54) is 11.1 Å². The van der Waals surface area contributed by atoms with Gasteiger partial charge < -0.3 is 10.6 Å². The number of sulfonamides is 2. The van der Waals surface area contributed by atoms with Crippen molar-refractivity contribution >= 4 is 64.8 Å². The zero-order valence-electron chi connectivity index (χ0n) is 44.9. The summed E-state index contributed by atoms with van der Waals surface area (Å²) < 4.78 is 61.0. The highest BCUT2D eigenvalue weighted by Crippen LogP contribution is 2.34. The molecule has 10 rings (SSSR count). The lowest BCUT2D eigenvalue weighted by Gasteiger charge is -2.38. The molecule has 0 aromatic heterocycles. The number of carbonyl (C=O) groups is 2. The summed E-state index contributed by atoms with van der Waals surface area (Å²) in [6.45, 7) is 13.2. The highest BCUT2D eigenvalue weighted by molar-refractivity contribution is 7.90. The molecule has 4 N–H and O–H groups in total. The molecule has 12 nitrogen and oxygen atoms in total. The van der Waals surface area contributed by atoms with E-state index in [9.17, 15) is 26.4 Å². The molecule has 2 aliphatic rings. The van der Waals surface area contributed by atoms with Gasteiger partial charge in [-0.15, -0.1) is 0 Å². The normalized spacial score (nSPS) is 18.2. The largest absolute Gasteiger partial charge is 0.321 e.